The van der Waals surface area contributed by atoms with E-state index in [1.807, 2.05) is 0 Å². The van der Waals surface area contributed by atoms with Crippen LogP contribution in [0.4, 0.5) is 0 Å². The van der Waals surface area contributed by atoms with Gasteiger partial charge in [-0.05, 0) is 44.9 Å². The summed E-state index contributed by atoms with van der Waals surface area (Å²) in [5, 5.41) is 0. The molecule has 3 rings (SSSR count). The first-order valence-corrected chi connectivity index (χ1v) is 8.47. The van der Waals surface area contributed by atoms with Gasteiger partial charge < -0.3 is 14.2 Å². The zero-order valence-corrected chi connectivity index (χ0v) is 12.6. The summed E-state index contributed by atoms with van der Waals surface area (Å²) in [4.78, 5) is 2.54. The van der Waals surface area contributed by atoms with Crippen LogP contribution in [-0.4, -0.2) is 62.7 Å². The van der Waals surface area contributed by atoms with Gasteiger partial charge in [-0.1, -0.05) is 0 Å². The third kappa shape index (κ3) is 4.42. The van der Waals surface area contributed by atoms with Crippen molar-refractivity contribution in [3.05, 3.63) is 0 Å². The summed E-state index contributed by atoms with van der Waals surface area (Å²) in [5.74, 6) is 0. The lowest BCUT2D eigenvalue weighted by atomic mass is 10.1. The Morgan fingerprint density at radius 2 is 1.05 bits per heavy atom. The van der Waals surface area contributed by atoms with Gasteiger partial charge in [0.15, 0.2) is 0 Å². The number of hydrogen-bond donors (Lipinski definition) is 0. The number of nitrogens with zero attached hydrogens (tertiary/aromatic N) is 1. The van der Waals surface area contributed by atoms with Gasteiger partial charge in [-0.25, -0.2) is 0 Å². The zero-order valence-electron chi connectivity index (χ0n) is 12.6. The summed E-state index contributed by atoms with van der Waals surface area (Å²) < 4.78 is 17.5. The Bertz CT molecular complexity index is 251. The molecule has 20 heavy (non-hydrogen) atoms. The predicted octanol–water partition coefficient (Wildman–Crippen LogP) is 2.22. The van der Waals surface area contributed by atoms with Crippen molar-refractivity contribution in [3.63, 3.8) is 0 Å². The first-order chi connectivity index (χ1) is 9.90. The van der Waals surface area contributed by atoms with Crippen LogP contribution >= 0.6 is 0 Å². The van der Waals surface area contributed by atoms with E-state index in [1.54, 1.807) is 0 Å². The molecule has 4 heteroatoms. The molecule has 0 aromatic heterocycles. The number of rotatable bonds is 6. The fraction of sp³-hybridized carbons (Fsp3) is 1.00. The third-order valence-electron chi connectivity index (χ3n) is 4.71. The standard InChI is InChI=1S/C16H29NO3/c1-2-8-18-14(5-1)11-17(12-15-6-3-9-19-15)13-16-7-4-10-20-16/h14-16H,1-13H2/t14-,15+,16+/m1/s1. The molecule has 4 nitrogen and oxygen atoms in total. The molecule has 0 unspecified atom stereocenters. The second kappa shape index (κ2) is 7.74. The summed E-state index contributed by atoms with van der Waals surface area (Å²) in [6, 6.07) is 0. The molecule has 3 fully saturated rings. The van der Waals surface area contributed by atoms with Gasteiger partial charge in [0, 0.05) is 39.5 Å². The second-order valence-corrected chi connectivity index (χ2v) is 6.48. The molecule has 0 spiro atoms. The van der Waals surface area contributed by atoms with Crippen LogP contribution in [0.15, 0.2) is 0 Å². The summed E-state index contributed by atoms with van der Waals surface area (Å²) >= 11 is 0. The smallest absolute Gasteiger partial charge is 0.0702 e. The Kier molecular flexibility index (Phi) is 5.71. The van der Waals surface area contributed by atoms with Gasteiger partial charge >= 0.3 is 0 Å². The highest BCUT2D eigenvalue weighted by Crippen LogP contribution is 2.20. The van der Waals surface area contributed by atoms with Crippen molar-refractivity contribution in [2.45, 2.75) is 63.3 Å². The van der Waals surface area contributed by atoms with Gasteiger partial charge in [-0.15, -0.1) is 0 Å². The van der Waals surface area contributed by atoms with E-state index >= 15 is 0 Å². The molecule has 3 aliphatic rings. The minimum absolute atomic E-state index is 0.423. The highest BCUT2D eigenvalue weighted by atomic mass is 16.5. The van der Waals surface area contributed by atoms with Crippen molar-refractivity contribution in [2.75, 3.05) is 39.5 Å². The number of hydrogen-bond acceptors (Lipinski definition) is 4. The Morgan fingerprint density at radius 3 is 1.45 bits per heavy atom. The van der Waals surface area contributed by atoms with Crippen LogP contribution in [0, 0.1) is 0 Å². The van der Waals surface area contributed by atoms with Crippen molar-refractivity contribution in [3.8, 4) is 0 Å². The lowest BCUT2D eigenvalue weighted by Gasteiger charge is -2.32. The Morgan fingerprint density at radius 1 is 0.600 bits per heavy atom. The van der Waals surface area contributed by atoms with Gasteiger partial charge in [0.25, 0.3) is 0 Å². The topological polar surface area (TPSA) is 30.9 Å². The SMILES string of the molecule is C1CC[C@H](CN(C[C@@H]2CCCO2)C[C@@H]2CCCO2)OC1. The molecular formula is C16H29NO3. The van der Waals surface area contributed by atoms with Gasteiger partial charge in [-0.3, -0.25) is 4.90 Å². The third-order valence-corrected chi connectivity index (χ3v) is 4.71. The molecule has 3 heterocycles. The van der Waals surface area contributed by atoms with E-state index in [0.717, 1.165) is 39.5 Å². The molecule has 0 radical (unpaired) electrons. The lowest BCUT2D eigenvalue weighted by molar-refractivity contribution is -0.0271. The van der Waals surface area contributed by atoms with Crippen LogP contribution in [0.1, 0.15) is 44.9 Å². The summed E-state index contributed by atoms with van der Waals surface area (Å²) in [6.07, 6.45) is 9.92. The van der Waals surface area contributed by atoms with E-state index in [9.17, 15) is 0 Å². The van der Waals surface area contributed by atoms with Crippen LogP contribution in [0.2, 0.25) is 0 Å². The van der Waals surface area contributed by atoms with Crippen LogP contribution in [-0.2, 0) is 14.2 Å². The van der Waals surface area contributed by atoms with Gasteiger partial charge in [-0.2, -0.15) is 0 Å². The first-order valence-electron chi connectivity index (χ1n) is 8.47. The molecule has 0 aromatic carbocycles. The monoisotopic (exact) mass is 283 g/mol. The van der Waals surface area contributed by atoms with E-state index in [-0.39, 0.29) is 0 Å². The van der Waals surface area contributed by atoms with E-state index in [4.69, 9.17) is 14.2 Å². The molecule has 0 aliphatic carbocycles. The van der Waals surface area contributed by atoms with Crippen molar-refractivity contribution in [2.24, 2.45) is 0 Å². The highest BCUT2D eigenvalue weighted by Gasteiger charge is 2.26. The Hall–Kier alpha value is -0.160. The second-order valence-electron chi connectivity index (χ2n) is 6.48. The van der Waals surface area contributed by atoms with E-state index < -0.39 is 0 Å². The minimum atomic E-state index is 0.423. The summed E-state index contributed by atoms with van der Waals surface area (Å²) in [5.41, 5.74) is 0. The minimum Gasteiger partial charge on any atom is -0.377 e. The molecule has 0 aromatic rings. The predicted molar refractivity (Wildman–Crippen MR) is 78.0 cm³/mol. The Balaban J connectivity index is 1.50. The maximum Gasteiger partial charge on any atom is 0.0702 e. The largest absolute Gasteiger partial charge is 0.377 e. The van der Waals surface area contributed by atoms with E-state index in [1.165, 1.54) is 44.9 Å². The normalized spacial score (nSPS) is 35.0. The fourth-order valence-corrected chi connectivity index (χ4v) is 3.62. The molecule has 3 aliphatic heterocycles. The van der Waals surface area contributed by atoms with Crippen LogP contribution in [0.25, 0.3) is 0 Å². The van der Waals surface area contributed by atoms with E-state index in [0.29, 0.717) is 18.3 Å². The molecule has 0 amide bonds. The van der Waals surface area contributed by atoms with E-state index in [2.05, 4.69) is 4.90 Å². The highest BCUT2D eigenvalue weighted by molar-refractivity contribution is 4.78. The van der Waals surface area contributed by atoms with Crippen LogP contribution in [0.3, 0.4) is 0 Å². The average molecular weight is 283 g/mol. The van der Waals surface area contributed by atoms with Crippen LogP contribution in [0.5, 0.6) is 0 Å². The van der Waals surface area contributed by atoms with Gasteiger partial charge in [0.1, 0.15) is 0 Å². The quantitative estimate of drug-likeness (QED) is 0.748. The van der Waals surface area contributed by atoms with Gasteiger partial charge in [0.05, 0.1) is 18.3 Å². The zero-order chi connectivity index (χ0) is 13.6. The molecular weight excluding hydrogens is 254 g/mol. The van der Waals surface area contributed by atoms with Gasteiger partial charge in [0.2, 0.25) is 0 Å². The number of ether oxygens (including phenoxy) is 3. The molecule has 116 valence electrons. The molecule has 0 N–H and O–H groups in total. The summed E-state index contributed by atoms with van der Waals surface area (Å²) in [7, 11) is 0. The van der Waals surface area contributed by atoms with Crippen molar-refractivity contribution in [1.29, 1.82) is 0 Å². The molecule has 0 bridgehead atoms. The van der Waals surface area contributed by atoms with Crippen molar-refractivity contribution in [1.82, 2.24) is 4.90 Å². The first kappa shape index (κ1) is 14.8. The fourth-order valence-electron chi connectivity index (χ4n) is 3.62. The maximum atomic E-state index is 5.91. The molecule has 3 atom stereocenters. The van der Waals surface area contributed by atoms with Crippen molar-refractivity contribution < 1.29 is 14.2 Å². The Labute approximate surface area is 122 Å². The molecule has 0 saturated carbocycles. The van der Waals surface area contributed by atoms with Crippen LogP contribution < -0.4 is 0 Å². The van der Waals surface area contributed by atoms with Crippen molar-refractivity contribution >= 4 is 0 Å². The summed E-state index contributed by atoms with van der Waals surface area (Å²) in [6.45, 7) is 5.99. The maximum absolute atomic E-state index is 5.91. The average Bonchev–Trinajstić information content (AvgIpc) is 3.13. The molecule has 3 saturated heterocycles. The lowest BCUT2D eigenvalue weighted by Crippen LogP contribution is -2.43.